The van der Waals surface area contributed by atoms with Gasteiger partial charge in [0, 0.05) is 32.2 Å². The number of likely N-dealkylation sites (tertiary alicyclic amines) is 1. The van der Waals surface area contributed by atoms with Crippen LogP contribution < -0.4 is 11.1 Å². The van der Waals surface area contributed by atoms with Crippen LogP contribution in [0.3, 0.4) is 0 Å². The fourth-order valence-corrected chi connectivity index (χ4v) is 2.12. The second kappa shape index (κ2) is 5.67. The van der Waals surface area contributed by atoms with Crippen LogP contribution in [0.4, 0.5) is 0 Å². The highest BCUT2D eigenvalue weighted by Gasteiger charge is 2.26. The molecule has 0 aromatic rings. The van der Waals surface area contributed by atoms with Gasteiger partial charge >= 0.3 is 0 Å². The third-order valence-corrected chi connectivity index (χ3v) is 3.42. The minimum Gasteiger partial charge on any atom is -0.352 e. The number of nitrogens with two attached hydrogens (primary N) is 1. The average molecular weight is 254 g/mol. The number of nitrogens with zero attached hydrogens (tertiary/aromatic N) is 2. The summed E-state index contributed by atoms with van der Waals surface area (Å²) in [5.74, 6) is -0.0819. The van der Waals surface area contributed by atoms with E-state index < -0.39 is 0 Å². The first kappa shape index (κ1) is 13.3. The summed E-state index contributed by atoms with van der Waals surface area (Å²) in [6, 6.07) is 0.527. The van der Waals surface area contributed by atoms with Crippen LogP contribution in [0.2, 0.25) is 0 Å². The van der Waals surface area contributed by atoms with E-state index in [9.17, 15) is 9.59 Å². The molecule has 2 amide bonds. The molecule has 0 spiro atoms. The van der Waals surface area contributed by atoms with Gasteiger partial charge in [-0.1, -0.05) is 0 Å². The monoisotopic (exact) mass is 254 g/mol. The summed E-state index contributed by atoms with van der Waals surface area (Å²) in [6.07, 6.45) is 3.07. The number of carbonyl (C=O) groups excluding carboxylic acids is 2. The fraction of sp³-hybridized carbons (Fsp3) is 0.833. The van der Waals surface area contributed by atoms with Crippen LogP contribution in [-0.4, -0.2) is 66.9 Å². The molecule has 1 heterocycles. The van der Waals surface area contributed by atoms with Gasteiger partial charge in [-0.2, -0.15) is 0 Å². The number of hydrogen-bond donors (Lipinski definition) is 2. The molecule has 0 unspecified atom stereocenters. The van der Waals surface area contributed by atoms with Crippen LogP contribution in [0.1, 0.15) is 19.3 Å². The van der Waals surface area contributed by atoms with Crippen molar-refractivity contribution in [2.24, 2.45) is 5.73 Å². The molecule has 6 heteroatoms. The molecule has 0 bridgehead atoms. The van der Waals surface area contributed by atoms with Gasteiger partial charge in [-0.3, -0.25) is 14.5 Å². The Hall–Kier alpha value is -1.14. The first-order valence-electron chi connectivity index (χ1n) is 6.56. The minimum absolute atomic E-state index is 0.0185. The molecular formula is C12H22N4O2. The van der Waals surface area contributed by atoms with E-state index in [1.165, 1.54) is 4.90 Å². The summed E-state index contributed by atoms with van der Waals surface area (Å²) in [5.41, 5.74) is 5.79. The van der Waals surface area contributed by atoms with Gasteiger partial charge in [-0.25, -0.2) is 0 Å². The summed E-state index contributed by atoms with van der Waals surface area (Å²) in [6.45, 7) is 2.15. The van der Waals surface area contributed by atoms with E-state index in [4.69, 9.17) is 5.73 Å². The lowest BCUT2D eigenvalue weighted by Gasteiger charge is -2.21. The number of rotatable bonds is 5. The lowest BCUT2D eigenvalue weighted by Crippen LogP contribution is -2.43. The van der Waals surface area contributed by atoms with Crippen molar-refractivity contribution in [3.63, 3.8) is 0 Å². The molecule has 2 rings (SSSR count). The number of carbonyl (C=O) groups is 2. The van der Waals surface area contributed by atoms with E-state index in [2.05, 4.69) is 5.32 Å². The Labute approximate surface area is 107 Å². The van der Waals surface area contributed by atoms with Gasteiger partial charge in [0.2, 0.25) is 11.8 Å². The molecule has 6 nitrogen and oxygen atoms in total. The summed E-state index contributed by atoms with van der Waals surface area (Å²) in [7, 11) is 1.67. The summed E-state index contributed by atoms with van der Waals surface area (Å²) >= 11 is 0. The lowest BCUT2D eigenvalue weighted by molar-refractivity contribution is -0.135. The van der Waals surface area contributed by atoms with Crippen LogP contribution >= 0.6 is 0 Å². The van der Waals surface area contributed by atoms with Crippen molar-refractivity contribution in [3.8, 4) is 0 Å². The molecule has 1 aliphatic carbocycles. The highest BCUT2D eigenvalue weighted by molar-refractivity contribution is 5.85. The smallest absolute Gasteiger partial charge is 0.239 e. The maximum atomic E-state index is 11.9. The highest BCUT2D eigenvalue weighted by atomic mass is 16.2. The van der Waals surface area contributed by atoms with Crippen molar-refractivity contribution in [2.45, 2.75) is 31.3 Å². The normalized spacial score (nSPS) is 24.0. The molecule has 1 saturated heterocycles. The molecule has 0 aromatic carbocycles. The van der Waals surface area contributed by atoms with Gasteiger partial charge < -0.3 is 16.0 Å². The van der Waals surface area contributed by atoms with Crippen LogP contribution in [0.25, 0.3) is 0 Å². The van der Waals surface area contributed by atoms with Crippen LogP contribution in [-0.2, 0) is 9.59 Å². The van der Waals surface area contributed by atoms with E-state index >= 15 is 0 Å². The topological polar surface area (TPSA) is 78.7 Å². The zero-order valence-corrected chi connectivity index (χ0v) is 10.9. The van der Waals surface area contributed by atoms with Crippen molar-refractivity contribution >= 4 is 11.8 Å². The summed E-state index contributed by atoms with van der Waals surface area (Å²) < 4.78 is 0. The largest absolute Gasteiger partial charge is 0.352 e. The number of nitrogens with one attached hydrogen (secondary N) is 1. The Bertz CT molecular complexity index is 330. The molecule has 2 fully saturated rings. The predicted octanol–water partition coefficient (Wildman–Crippen LogP) is -1.24. The van der Waals surface area contributed by atoms with E-state index in [-0.39, 0.29) is 24.4 Å². The Morgan fingerprint density at radius 2 is 2.11 bits per heavy atom. The summed E-state index contributed by atoms with van der Waals surface area (Å²) in [4.78, 5) is 27.0. The third kappa shape index (κ3) is 3.96. The van der Waals surface area contributed by atoms with Gasteiger partial charge in [-0.05, 0) is 19.3 Å². The van der Waals surface area contributed by atoms with Gasteiger partial charge in [0.1, 0.15) is 0 Å². The second-order valence-electron chi connectivity index (χ2n) is 5.38. The molecule has 3 N–H and O–H groups in total. The Morgan fingerprint density at radius 1 is 1.39 bits per heavy atom. The lowest BCUT2D eigenvalue weighted by atomic mass is 10.3. The van der Waals surface area contributed by atoms with Gasteiger partial charge in [0.05, 0.1) is 13.1 Å². The second-order valence-corrected chi connectivity index (χ2v) is 5.38. The zero-order valence-electron chi connectivity index (χ0n) is 10.9. The Balaban J connectivity index is 1.68. The van der Waals surface area contributed by atoms with E-state index in [1.54, 1.807) is 7.05 Å². The molecule has 1 atom stereocenters. The molecular weight excluding hydrogens is 232 g/mol. The van der Waals surface area contributed by atoms with Crippen molar-refractivity contribution in [1.82, 2.24) is 15.1 Å². The summed E-state index contributed by atoms with van der Waals surface area (Å²) in [5, 5.41) is 2.87. The first-order chi connectivity index (χ1) is 8.54. The van der Waals surface area contributed by atoms with E-state index in [0.717, 1.165) is 32.4 Å². The Kier molecular flexibility index (Phi) is 4.19. The fourth-order valence-electron chi connectivity index (χ4n) is 2.12. The quantitative estimate of drug-likeness (QED) is 0.643. The van der Waals surface area contributed by atoms with Gasteiger partial charge in [0.15, 0.2) is 0 Å². The van der Waals surface area contributed by atoms with Gasteiger partial charge in [0.25, 0.3) is 0 Å². The van der Waals surface area contributed by atoms with Crippen LogP contribution in [0.15, 0.2) is 0 Å². The van der Waals surface area contributed by atoms with Gasteiger partial charge in [-0.15, -0.1) is 0 Å². The molecule has 18 heavy (non-hydrogen) atoms. The molecule has 2 aliphatic rings. The molecule has 1 saturated carbocycles. The number of amides is 2. The highest BCUT2D eigenvalue weighted by Crippen LogP contribution is 2.18. The third-order valence-electron chi connectivity index (χ3n) is 3.42. The average Bonchev–Trinajstić information content (AvgIpc) is 3.00. The molecule has 1 aliphatic heterocycles. The number of hydrogen-bond acceptors (Lipinski definition) is 4. The van der Waals surface area contributed by atoms with Crippen LogP contribution in [0.5, 0.6) is 0 Å². The van der Waals surface area contributed by atoms with Crippen molar-refractivity contribution < 1.29 is 9.59 Å². The maximum Gasteiger partial charge on any atom is 0.239 e. The first-order valence-corrected chi connectivity index (χ1v) is 6.56. The number of likely N-dealkylation sites (N-methyl/N-ethyl adjacent to an activating group) is 1. The predicted molar refractivity (Wildman–Crippen MR) is 67.8 cm³/mol. The van der Waals surface area contributed by atoms with Crippen molar-refractivity contribution in [2.75, 3.05) is 33.2 Å². The Morgan fingerprint density at radius 3 is 2.67 bits per heavy atom. The standard InChI is InChI=1S/C12H22N4O2/c1-15(7-11(17)14-10-2-3-10)12(18)8-16-5-4-9(13)6-16/h9-10H,2-8,13H2,1H3,(H,14,17)/t9-/m0/s1. The molecule has 0 radical (unpaired) electrons. The molecule has 102 valence electrons. The van der Waals surface area contributed by atoms with E-state index in [0.29, 0.717) is 12.6 Å². The molecule has 0 aromatic heterocycles. The maximum absolute atomic E-state index is 11.9. The SMILES string of the molecule is CN(CC(=O)NC1CC1)C(=O)CN1CC[C@H](N)C1. The minimum atomic E-state index is -0.0635. The van der Waals surface area contributed by atoms with Crippen molar-refractivity contribution in [3.05, 3.63) is 0 Å². The van der Waals surface area contributed by atoms with Crippen LogP contribution in [0, 0.1) is 0 Å². The van der Waals surface area contributed by atoms with Crippen molar-refractivity contribution in [1.29, 1.82) is 0 Å². The van der Waals surface area contributed by atoms with E-state index in [1.807, 2.05) is 4.90 Å². The zero-order chi connectivity index (χ0) is 13.1.